The lowest BCUT2D eigenvalue weighted by molar-refractivity contribution is 0.620. The lowest BCUT2D eigenvalue weighted by Crippen LogP contribution is -2.02. The molecule has 0 aliphatic heterocycles. The van der Waals surface area contributed by atoms with E-state index >= 15 is 0 Å². The highest BCUT2D eigenvalue weighted by Crippen LogP contribution is 2.19. The van der Waals surface area contributed by atoms with Crippen molar-refractivity contribution in [2.24, 2.45) is 7.05 Å². The Labute approximate surface area is 91.3 Å². The zero-order chi connectivity index (χ0) is 11.7. The number of halogens is 1. The van der Waals surface area contributed by atoms with Gasteiger partial charge < -0.3 is 11.1 Å². The summed E-state index contributed by atoms with van der Waals surface area (Å²) in [5.41, 5.74) is 6.80. The monoisotopic (exact) mass is 222 g/mol. The standard InChI is InChI=1S/C9H11FN6/c1-5-7(4-16(2)15-5)13-8-6(10)3-12-9(11)14-8/h3-4H,1-2H3,(H3,11,12,13,14). The largest absolute Gasteiger partial charge is 0.368 e. The molecule has 2 aromatic heterocycles. The van der Waals surface area contributed by atoms with E-state index in [1.165, 1.54) is 0 Å². The van der Waals surface area contributed by atoms with Crippen LogP contribution in [0.15, 0.2) is 12.4 Å². The molecule has 0 amide bonds. The van der Waals surface area contributed by atoms with Gasteiger partial charge in [-0.15, -0.1) is 0 Å². The van der Waals surface area contributed by atoms with Crippen molar-refractivity contribution in [1.29, 1.82) is 0 Å². The van der Waals surface area contributed by atoms with Crippen molar-refractivity contribution in [3.05, 3.63) is 23.9 Å². The molecule has 0 aliphatic carbocycles. The normalized spacial score (nSPS) is 10.4. The summed E-state index contributed by atoms with van der Waals surface area (Å²) in [6.45, 7) is 1.81. The van der Waals surface area contributed by atoms with Crippen LogP contribution >= 0.6 is 0 Å². The second-order valence-corrected chi connectivity index (χ2v) is 3.35. The minimum Gasteiger partial charge on any atom is -0.368 e. The molecule has 6 nitrogen and oxygen atoms in total. The Hall–Kier alpha value is -2.18. The van der Waals surface area contributed by atoms with Gasteiger partial charge in [0, 0.05) is 13.2 Å². The van der Waals surface area contributed by atoms with Crippen LogP contribution in [0.5, 0.6) is 0 Å². The van der Waals surface area contributed by atoms with Crippen molar-refractivity contribution < 1.29 is 4.39 Å². The van der Waals surface area contributed by atoms with Gasteiger partial charge in [-0.3, -0.25) is 4.68 Å². The van der Waals surface area contributed by atoms with Crippen LogP contribution in [0.4, 0.5) is 21.8 Å². The molecule has 3 N–H and O–H groups in total. The first kappa shape index (κ1) is 10.3. The van der Waals surface area contributed by atoms with E-state index in [2.05, 4.69) is 20.4 Å². The van der Waals surface area contributed by atoms with Crippen molar-refractivity contribution in [1.82, 2.24) is 19.7 Å². The first-order valence-electron chi connectivity index (χ1n) is 4.61. The van der Waals surface area contributed by atoms with E-state index in [9.17, 15) is 4.39 Å². The first-order valence-corrected chi connectivity index (χ1v) is 4.61. The van der Waals surface area contributed by atoms with Crippen LogP contribution in [0.25, 0.3) is 0 Å². The Morgan fingerprint density at radius 1 is 1.50 bits per heavy atom. The number of hydrogen-bond donors (Lipinski definition) is 2. The summed E-state index contributed by atoms with van der Waals surface area (Å²) in [5, 5.41) is 6.93. The van der Waals surface area contributed by atoms with Crippen molar-refractivity contribution in [2.45, 2.75) is 6.92 Å². The third kappa shape index (κ3) is 1.92. The molecule has 0 bridgehead atoms. The Morgan fingerprint density at radius 3 is 2.88 bits per heavy atom. The maximum atomic E-state index is 13.3. The van der Waals surface area contributed by atoms with Gasteiger partial charge in [-0.05, 0) is 6.92 Å². The summed E-state index contributed by atoms with van der Waals surface area (Å²) in [4.78, 5) is 7.30. The predicted molar refractivity (Wildman–Crippen MR) is 57.6 cm³/mol. The third-order valence-corrected chi connectivity index (χ3v) is 2.03. The van der Waals surface area contributed by atoms with Crippen LogP contribution < -0.4 is 11.1 Å². The summed E-state index contributed by atoms with van der Waals surface area (Å²) in [7, 11) is 1.78. The molecule has 0 radical (unpaired) electrons. The van der Waals surface area contributed by atoms with Crippen LogP contribution in [0.2, 0.25) is 0 Å². The van der Waals surface area contributed by atoms with E-state index < -0.39 is 5.82 Å². The van der Waals surface area contributed by atoms with Crippen LogP contribution in [-0.2, 0) is 7.05 Å². The molecule has 0 atom stereocenters. The lowest BCUT2D eigenvalue weighted by atomic mass is 10.4. The summed E-state index contributed by atoms with van der Waals surface area (Å²) >= 11 is 0. The summed E-state index contributed by atoms with van der Waals surface area (Å²) in [5.74, 6) is -0.494. The molecule has 7 heteroatoms. The van der Waals surface area contributed by atoms with Crippen molar-refractivity contribution in [2.75, 3.05) is 11.1 Å². The number of hydrogen-bond acceptors (Lipinski definition) is 5. The van der Waals surface area contributed by atoms with Gasteiger partial charge in [0.25, 0.3) is 0 Å². The minimum atomic E-state index is -0.558. The highest BCUT2D eigenvalue weighted by Gasteiger charge is 2.09. The fourth-order valence-corrected chi connectivity index (χ4v) is 1.32. The van der Waals surface area contributed by atoms with E-state index in [1.807, 2.05) is 6.92 Å². The van der Waals surface area contributed by atoms with Gasteiger partial charge in [0.15, 0.2) is 11.6 Å². The maximum Gasteiger partial charge on any atom is 0.222 e. The molecule has 0 spiro atoms. The maximum absolute atomic E-state index is 13.3. The number of anilines is 3. The number of nitrogen functional groups attached to an aromatic ring is 1. The fourth-order valence-electron chi connectivity index (χ4n) is 1.32. The summed E-state index contributed by atoms with van der Waals surface area (Å²) in [6.07, 6.45) is 2.75. The van der Waals surface area contributed by atoms with E-state index in [0.29, 0.717) is 5.69 Å². The molecule has 0 fully saturated rings. The molecule has 16 heavy (non-hydrogen) atoms. The van der Waals surface area contributed by atoms with E-state index in [4.69, 9.17) is 5.73 Å². The smallest absolute Gasteiger partial charge is 0.222 e. The highest BCUT2D eigenvalue weighted by atomic mass is 19.1. The molecule has 0 aliphatic rings. The molecule has 0 saturated carbocycles. The van der Waals surface area contributed by atoms with Crippen LogP contribution in [0, 0.1) is 12.7 Å². The zero-order valence-electron chi connectivity index (χ0n) is 8.90. The summed E-state index contributed by atoms with van der Waals surface area (Å²) < 4.78 is 14.9. The Kier molecular flexibility index (Phi) is 2.43. The van der Waals surface area contributed by atoms with Gasteiger partial charge in [0.05, 0.1) is 17.6 Å². The Balaban J connectivity index is 2.33. The zero-order valence-corrected chi connectivity index (χ0v) is 8.90. The van der Waals surface area contributed by atoms with Crippen LogP contribution in [0.1, 0.15) is 5.69 Å². The molecule has 0 saturated heterocycles. The molecule has 2 heterocycles. The number of nitrogens with zero attached hydrogens (tertiary/aromatic N) is 4. The second kappa shape index (κ2) is 3.76. The van der Waals surface area contributed by atoms with E-state index in [-0.39, 0.29) is 11.8 Å². The number of nitrogens with two attached hydrogens (primary N) is 1. The Morgan fingerprint density at radius 2 is 2.25 bits per heavy atom. The number of aryl methyl sites for hydroxylation is 2. The van der Waals surface area contributed by atoms with Gasteiger partial charge >= 0.3 is 0 Å². The van der Waals surface area contributed by atoms with Gasteiger partial charge in [0.1, 0.15) is 0 Å². The van der Waals surface area contributed by atoms with E-state index in [0.717, 1.165) is 11.9 Å². The predicted octanol–water partition coefficient (Wildman–Crippen LogP) is 0.983. The van der Waals surface area contributed by atoms with E-state index in [1.54, 1.807) is 17.9 Å². The molecule has 2 aromatic rings. The lowest BCUT2D eigenvalue weighted by Gasteiger charge is -2.04. The highest BCUT2D eigenvalue weighted by molar-refractivity contribution is 5.58. The van der Waals surface area contributed by atoms with Crippen molar-refractivity contribution >= 4 is 17.5 Å². The van der Waals surface area contributed by atoms with Crippen LogP contribution in [0.3, 0.4) is 0 Å². The molecular formula is C9H11FN6. The quantitative estimate of drug-likeness (QED) is 0.791. The molecule has 2 rings (SSSR count). The second-order valence-electron chi connectivity index (χ2n) is 3.35. The summed E-state index contributed by atoms with van der Waals surface area (Å²) in [6, 6.07) is 0. The molecular weight excluding hydrogens is 211 g/mol. The average molecular weight is 222 g/mol. The SMILES string of the molecule is Cc1nn(C)cc1Nc1nc(N)ncc1F. The van der Waals surface area contributed by atoms with Crippen molar-refractivity contribution in [3.8, 4) is 0 Å². The minimum absolute atomic E-state index is 0.0189. The topological polar surface area (TPSA) is 81.7 Å². The molecule has 0 aromatic carbocycles. The third-order valence-electron chi connectivity index (χ3n) is 2.03. The molecule has 84 valence electrons. The van der Waals surface area contributed by atoms with Crippen molar-refractivity contribution in [3.63, 3.8) is 0 Å². The number of rotatable bonds is 2. The fraction of sp³-hybridized carbons (Fsp3) is 0.222. The van der Waals surface area contributed by atoms with Gasteiger partial charge in [0.2, 0.25) is 5.95 Å². The molecule has 0 unspecified atom stereocenters. The van der Waals surface area contributed by atoms with Gasteiger partial charge in [-0.1, -0.05) is 0 Å². The number of aromatic nitrogens is 4. The van der Waals surface area contributed by atoms with Gasteiger partial charge in [-0.25, -0.2) is 9.37 Å². The Bertz CT molecular complexity index is 521. The number of nitrogens with one attached hydrogen (secondary N) is 1. The first-order chi connectivity index (χ1) is 7.56. The average Bonchev–Trinajstić information content (AvgIpc) is 2.51. The van der Waals surface area contributed by atoms with Gasteiger partial charge in [-0.2, -0.15) is 10.1 Å². The van der Waals surface area contributed by atoms with Crippen LogP contribution in [-0.4, -0.2) is 19.7 Å².